The van der Waals surface area contributed by atoms with Crippen molar-refractivity contribution in [2.75, 3.05) is 7.11 Å². The van der Waals surface area contributed by atoms with E-state index in [1.54, 1.807) is 7.11 Å². The Morgan fingerprint density at radius 1 is 1.50 bits per heavy atom. The SMILES string of the molecule is CCc1c(Br)cc(C2(CC(=O)O)CC2)cc1OC. The number of halogens is 1. The second-order valence-corrected chi connectivity index (χ2v) is 5.70. The van der Waals surface area contributed by atoms with E-state index in [1.807, 2.05) is 6.07 Å². The first-order chi connectivity index (χ1) is 8.52. The summed E-state index contributed by atoms with van der Waals surface area (Å²) in [5.41, 5.74) is 2.03. The van der Waals surface area contributed by atoms with Crippen molar-refractivity contribution < 1.29 is 14.6 Å². The molecule has 0 unspecified atom stereocenters. The van der Waals surface area contributed by atoms with Crippen molar-refractivity contribution in [3.05, 3.63) is 27.7 Å². The van der Waals surface area contributed by atoms with Gasteiger partial charge >= 0.3 is 5.97 Å². The molecule has 0 spiro atoms. The zero-order chi connectivity index (χ0) is 13.3. The number of hydrogen-bond acceptors (Lipinski definition) is 2. The van der Waals surface area contributed by atoms with Gasteiger partial charge in [0.1, 0.15) is 5.75 Å². The molecule has 3 nitrogen and oxygen atoms in total. The first kappa shape index (κ1) is 13.4. The molecule has 1 aliphatic rings. The highest BCUT2D eigenvalue weighted by Gasteiger charge is 2.46. The molecule has 1 aliphatic carbocycles. The van der Waals surface area contributed by atoms with Gasteiger partial charge in [0.15, 0.2) is 0 Å². The Morgan fingerprint density at radius 3 is 2.61 bits per heavy atom. The first-order valence-corrected chi connectivity index (χ1v) is 6.90. The van der Waals surface area contributed by atoms with E-state index >= 15 is 0 Å². The van der Waals surface area contributed by atoms with Crippen LogP contribution in [0.5, 0.6) is 5.75 Å². The maximum atomic E-state index is 10.9. The molecule has 0 aromatic heterocycles. The lowest BCUT2D eigenvalue weighted by Crippen LogP contribution is -2.13. The van der Waals surface area contributed by atoms with E-state index in [4.69, 9.17) is 9.84 Å². The van der Waals surface area contributed by atoms with Crippen LogP contribution in [-0.2, 0) is 16.6 Å². The summed E-state index contributed by atoms with van der Waals surface area (Å²) >= 11 is 3.56. The second-order valence-electron chi connectivity index (χ2n) is 4.84. The van der Waals surface area contributed by atoms with Crippen molar-refractivity contribution in [3.63, 3.8) is 0 Å². The van der Waals surface area contributed by atoms with Crippen LogP contribution in [0.3, 0.4) is 0 Å². The van der Waals surface area contributed by atoms with Crippen LogP contribution in [0.15, 0.2) is 16.6 Å². The fourth-order valence-corrected chi connectivity index (χ4v) is 3.17. The topological polar surface area (TPSA) is 46.5 Å². The largest absolute Gasteiger partial charge is 0.496 e. The molecule has 0 amide bonds. The van der Waals surface area contributed by atoms with Gasteiger partial charge in [0.05, 0.1) is 13.5 Å². The van der Waals surface area contributed by atoms with E-state index in [0.717, 1.165) is 40.6 Å². The number of hydrogen-bond donors (Lipinski definition) is 1. The Balaban J connectivity index is 2.41. The molecule has 1 saturated carbocycles. The molecule has 2 rings (SSSR count). The highest BCUT2D eigenvalue weighted by molar-refractivity contribution is 9.10. The zero-order valence-corrected chi connectivity index (χ0v) is 12.2. The Labute approximate surface area is 115 Å². The summed E-state index contributed by atoms with van der Waals surface area (Å²) in [5.74, 6) is 0.112. The van der Waals surface area contributed by atoms with E-state index in [0.29, 0.717) is 0 Å². The Hall–Kier alpha value is -1.03. The van der Waals surface area contributed by atoms with Gasteiger partial charge in [-0.05, 0) is 37.0 Å². The summed E-state index contributed by atoms with van der Waals surface area (Å²) in [6.07, 6.45) is 2.98. The summed E-state index contributed by atoms with van der Waals surface area (Å²) in [6, 6.07) is 4.05. The lowest BCUT2D eigenvalue weighted by molar-refractivity contribution is -0.137. The van der Waals surface area contributed by atoms with E-state index in [9.17, 15) is 4.79 Å². The normalized spacial score (nSPS) is 16.4. The average Bonchev–Trinajstić information content (AvgIpc) is 3.07. The van der Waals surface area contributed by atoms with Gasteiger partial charge < -0.3 is 9.84 Å². The standard InChI is InChI=1S/C14H17BrO3/c1-3-10-11(15)6-9(7-12(10)18-2)14(4-5-14)8-13(16)17/h6-7H,3-5,8H2,1-2H3,(H,16,17). The Bertz CT molecular complexity index is 478. The van der Waals surface area contributed by atoms with Crippen LogP contribution in [0.1, 0.15) is 37.3 Å². The van der Waals surface area contributed by atoms with Crippen molar-refractivity contribution in [2.45, 2.75) is 38.0 Å². The number of carboxylic acid groups (broad SMARTS) is 1. The Morgan fingerprint density at radius 2 is 2.17 bits per heavy atom. The minimum Gasteiger partial charge on any atom is -0.496 e. The van der Waals surface area contributed by atoms with Gasteiger partial charge in [0.2, 0.25) is 0 Å². The predicted molar refractivity (Wildman–Crippen MR) is 73.2 cm³/mol. The molecule has 98 valence electrons. The van der Waals surface area contributed by atoms with Gasteiger partial charge in [-0.2, -0.15) is 0 Å². The third kappa shape index (κ3) is 2.39. The summed E-state index contributed by atoms with van der Waals surface area (Å²) in [6.45, 7) is 2.08. The van der Waals surface area contributed by atoms with Crippen LogP contribution in [0.25, 0.3) is 0 Å². The molecule has 1 aromatic carbocycles. The number of benzene rings is 1. The van der Waals surface area contributed by atoms with Crippen molar-refractivity contribution in [3.8, 4) is 5.75 Å². The van der Waals surface area contributed by atoms with Crippen LogP contribution >= 0.6 is 15.9 Å². The summed E-state index contributed by atoms with van der Waals surface area (Å²) in [4.78, 5) is 10.9. The van der Waals surface area contributed by atoms with E-state index in [1.165, 1.54) is 0 Å². The van der Waals surface area contributed by atoms with E-state index in [-0.39, 0.29) is 11.8 Å². The molecule has 0 aliphatic heterocycles. The van der Waals surface area contributed by atoms with Crippen molar-refractivity contribution in [1.82, 2.24) is 0 Å². The van der Waals surface area contributed by atoms with Crippen molar-refractivity contribution in [2.24, 2.45) is 0 Å². The van der Waals surface area contributed by atoms with Crippen molar-refractivity contribution in [1.29, 1.82) is 0 Å². The number of methoxy groups -OCH3 is 1. The first-order valence-electron chi connectivity index (χ1n) is 6.11. The molecular weight excluding hydrogens is 296 g/mol. The monoisotopic (exact) mass is 312 g/mol. The lowest BCUT2D eigenvalue weighted by Gasteiger charge is -2.17. The Kier molecular flexibility index (Phi) is 3.66. The fourth-order valence-electron chi connectivity index (χ4n) is 2.45. The smallest absolute Gasteiger partial charge is 0.304 e. The summed E-state index contributed by atoms with van der Waals surface area (Å²) < 4.78 is 6.42. The van der Waals surface area contributed by atoms with Crippen molar-refractivity contribution >= 4 is 21.9 Å². The van der Waals surface area contributed by atoms with Crippen LogP contribution in [0.2, 0.25) is 0 Å². The van der Waals surface area contributed by atoms with E-state index in [2.05, 4.69) is 28.9 Å². The number of aliphatic carboxylic acids is 1. The van der Waals surface area contributed by atoms with Gasteiger partial charge in [0, 0.05) is 15.5 Å². The quantitative estimate of drug-likeness (QED) is 0.904. The highest BCUT2D eigenvalue weighted by Crippen LogP contribution is 2.52. The molecule has 4 heteroatoms. The van der Waals surface area contributed by atoms with Gasteiger partial charge in [-0.15, -0.1) is 0 Å². The molecule has 1 aromatic rings. The minimum absolute atomic E-state index is 0.173. The third-order valence-electron chi connectivity index (χ3n) is 3.68. The van der Waals surface area contributed by atoms with Gasteiger partial charge in [-0.25, -0.2) is 0 Å². The van der Waals surface area contributed by atoms with Crippen LogP contribution in [0, 0.1) is 0 Å². The summed E-state index contributed by atoms with van der Waals surface area (Å²) in [7, 11) is 1.65. The molecule has 0 bridgehead atoms. The number of ether oxygens (including phenoxy) is 1. The van der Waals surface area contributed by atoms with Gasteiger partial charge in [0.25, 0.3) is 0 Å². The van der Waals surface area contributed by atoms with Crippen LogP contribution in [-0.4, -0.2) is 18.2 Å². The van der Waals surface area contributed by atoms with Crippen LogP contribution in [0.4, 0.5) is 0 Å². The second kappa shape index (κ2) is 4.92. The zero-order valence-electron chi connectivity index (χ0n) is 10.6. The maximum absolute atomic E-state index is 10.9. The molecule has 18 heavy (non-hydrogen) atoms. The molecule has 0 heterocycles. The molecule has 1 fully saturated rings. The van der Waals surface area contributed by atoms with Crippen LogP contribution < -0.4 is 4.74 Å². The lowest BCUT2D eigenvalue weighted by atomic mass is 9.91. The minimum atomic E-state index is -0.734. The van der Waals surface area contributed by atoms with E-state index < -0.39 is 5.97 Å². The third-order valence-corrected chi connectivity index (χ3v) is 4.39. The maximum Gasteiger partial charge on any atom is 0.304 e. The molecule has 0 radical (unpaired) electrons. The molecule has 1 N–H and O–H groups in total. The highest BCUT2D eigenvalue weighted by atomic mass is 79.9. The number of carbonyl (C=O) groups is 1. The molecular formula is C14H17BrO3. The fraction of sp³-hybridized carbons (Fsp3) is 0.500. The average molecular weight is 313 g/mol. The van der Waals surface area contributed by atoms with Gasteiger partial charge in [-0.1, -0.05) is 22.9 Å². The molecule has 0 atom stereocenters. The molecule has 0 saturated heterocycles. The number of carboxylic acids is 1. The summed E-state index contributed by atoms with van der Waals surface area (Å²) in [5, 5.41) is 9.00. The van der Waals surface area contributed by atoms with Gasteiger partial charge in [-0.3, -0.25) is 4.79 Å². The predicted octanol–water partition coefficient (Wildman–Crippen LogP) is 3.53. The number of rotatable bonds is 5.